The molecule has 0 aliphatic carbocycles. The summed E-state index contributed by atoms with van der Waals surface area (Å²) in [4.78, 5) is 22.4. The Labute approximate surface area is 179 Å². The molecule has 0 spiro atoms. The van der Waals surface area contributed by atoms with Gasteiger partial charge in [0.2, 0.25) is 5.91 Å². The van der Waals surface area contributed by atoms with Crippen LogP contribution in [0.4, 0.5) is 5.82 Å². The molecule has 0 saturated carbocycles. The van der Waals surface area contributed by atoms with Gasteiger partial charge < -0.3 is 20.9 Å². The van der Waals surface area contributed by atoms with Gasteiger partial charge in [0.1, 0.15) is 5.82 Å². The zero-order valence-corrected chi connectivity index (χ0v) is 18.6. The molecule has 1 aliphatic heterocycles. The Balaban J connectivity index is 0.00000364. The normalized spacial score (nSPS) is 14.0. The second-order valence-corrected chi connectivity index (χ2v) is 6.37. The van der Waals surface area contributed by atoms with Crippen molar-refractivity contribution >= 4 is 41.7 Å². The first-order chi connectivity index (χ1) is 12.8. The topological polar surface area (TPSA) is 81.7 Å². The van der Waals surface area contributed by atoms with Crippen LogP contribution >= 0.6 is 24.0 Å². The molecule has 2 heterocycles. The largest absolute Gasteiger partial charge is 0.370 e. The lowest BCUT2D eigenvalue weighted by Gasteiger charge is -2.15. The maximum atomic E-state index is 11.6. The molecule has 1 amide bonds. The van der Waals surface area contributed by atoms with E-state index in [-0.39, 0.29) is 24.0 Å². The summed E-state index contributed by atoms with van der Waals surface area (Å²) < 4.78 is 0. The fraction of sp³-hybridized carbons (Fsp3) is 0.632. The van der Waals surface area contributed by atoms with Gasteiger partial charge in [0.25, 0.3) is 0 Å². The van der Waals surface area contributed by atoms with Crippen LogP contribution in [0, 0.1) is 0 Å². The number of aromatic nitrogens is 1. The average Bonchev–Trinajstić information content (AvgIpc) is 3.07. The summed E-state index contributed by atoms with van der Waals surface area (Å²) >= 11 is 0. The van der Waals surface area contributed by atoms with Gasteiger partial charge in [-0.15, -0.1) is 24.0 Å². The molecule has 0 atom stereocenters. The van der Waals surface area contributed by atoms with Crippen molar-refractivity contribution < 1.29 is 4.79 Å². The molecule has 1 saturated heterocycles. The molecule has 1 fully saturated rings. The van der Waals surface area contributed by atoms with Crippen molar-refractivity contribution in [1.29, 1.82) is 0 Å². The van der Waals surface area contributed by atoms with Gasteiger partial charge >= 0.3 is 0 Å². The van der Waals surface area contributed by atoms with Crippen LogP contribution in [0.15, 0.2) is 29.4 Å². The number of nitrogens with zero attached hydrogens (tertiary/aromatic N) is 3. The molecule has 3 N–H and O–H groups in total. The second-order valence-electron chi connectivity index (χ2n) is 6.37. The number of nitrogens with one attached hydrogen (secondary N) is 3. The maximum Gasteiger partial charge on any atom is 0.222 e. The van der Waals surface area contributed by atoms with E-state index in [1.165, 1.54) is 0 Å². The highest BCUT2D eigenvalue weighted by molar-refractivity contribution is 14.0. The summed E-state index contributed by atoms with van der Waals surface area (Å²) in [5.41, 5.74) is 0. The molecule has 0 bridgehead atoms. The van der Waals surface area contributed by atoms with Gasteiger partial charge in [0.05, 0.1) is 0 Å². The molecule has 7 nitrogen and oxygen atoms in total. The molecule has 8 heteroatoms. The summed E-state index contributed by atoms with van der Waals surface area (Å²) in [5.74, 6) is 2.07. The highest BCUT2D eigenvalue weighted by atomic mass is 127. The summed E-state index contributed by atoms with van der Waals surface area (Å²) in [6.07, 6.45) is 6.55. The number of amides is 1. The van der Waals surface area contributed by atoms with Crippen molar-refractivity contribution in [3.05, 3.63) is 24.4 Å². The summed E-state index contributed by atoms with van der Waals surface area (Å²) in [6, 6.07) is 5.87. The maximum absolute atomic E-state index is 11.6. The Morgan fingerprint density at radius 3 is 2.78 bits per heavy atom. The lowest BCUT2D eigenvalue weighted by Crippen LogP contribution is -2.38. The molecule has 2 rings (SSSR count). The zero-order valence-electron chi connectivity index (χ0n) is 16.2. The number of aliphatic imine (C=N–C) groups is 1. The van der Waals surface area contributed by atoms with Crippen LogP contribution in [0.5, 0.6) is 0 Å². The lowest BCUT2D eigenvalue weighted by molar-refractivity contribution is -0.127. The molecule has 1 aliphatic rings. The summed E-state index contributed by atoms with van der Waals surface area (Å²) in [6.45, 7) is 7.18. The van der Waals surface area contributed by atoms with Gasteiger partial charge in [-0.25, -0.2) is 4.98 Å². The van der Waals surface area contributed by atoms with E-state index >= 15 is 0 Å². The van der Waals surface area contributed by atoms with E-state index in [2.05, 4.69) is 32.9 Å². The number of halogens is 1. The second kappa shape index (κ2) is 14.5. The van der Waals surface area contributed by atoms with Crippen molar-refractivity contribution in [3.63, 3.8) is 0 Å². The first kappa shape index (κ1) is 23.5. The molecular formula is C19H33IN6O. The third-order valence-electron chi connectivity index (χ3n) is 4.24. The van der Waals surface area contributed by atoms with Crippen LogP contribution < -0.4 is 16.0 Å². The number of carbonyl (C=O) groups is 1. The fourth-order valence-corrected chi connectivity index (χ4v) is 2.88. The molecule has 152 valence electrons. The Hall–Kier alpha value is -1.58. The van der Waals surface area contributed by atoms with E-state index in [1.807, 2.05) is 23.1 Å². The predicted molar refractivity (Wildman–Crippen MR) is 122 cm³/mol. The minimum Gasteiger partial charge on any atom is -0.370 e. The van der Waals surface area contributed by atoms with Crippen LogP contribution in [-0.2, 0) is 4.79 Å². The minimum absolute atomic E-state index is 0. The molecule has 1 aromatic heterocycles. The van der Waals surface area contributed by atoms with E-state index in [0.29, 0.717) is 12.3 Å². The standard InChI is InChI=1S/C19H32N6O.HI/c1-2-20-19(24-14-8-16-25-15-7-10-18(25)26)23-13-6-5-12-22-17-9-3-4-11-21-17;/h3-4,9,11H,2,5-8,10,12-16H2,1H3,(H,21,22)(H2,20,23,24);1H. The first-order valence-electron chi connectivity index (χ1n) is 9.74. The molecule has 0 unspecified atom stereocenters. The number of pyridine rings is 1. The Kier molecular flexibility index (Phi) is 12.6. The van der Waals surface area contributed by atoms with Crippen molar-refractivity contribution in [3.8, 4) is 0 Å². The van der Waals surface area contributed by atoms with Crippen molar-refractivity contribution in [1.82, 2.24) is 20.5 Å². The molecule has 1 aromatic rings. The number of carbonyl (C=O) groups excluding carboxylic acids is 1. The fourth-order valence-electron chi connectivity index (χ4n) is 2.88. The van der Waals surface area contributed by atoms with Crippen LogP contribution in [0.3, 0.4) is 0 Å². The zero-order chi connectivity index (χ0) is 18.5. The highest BCUT2D eigenvalue weighted by Crippen LogP contribution is 2.09. The van der Waals surface area contributed by atoms with E-state index in [9.17, 15) is 4.79 Å². The smallest absolute Gasteiger partial charge is 0.222 e. The van der Waals surface area contributed by atoms with Gasteiger partial charge in [-0.3, -0.25) is 9.79 Å². The van der Waals surface area contributed by atoms with Crippen molar-refractivity contribution in [2.24, 2.45) is 4.99 Å². The number of hydrogen-bond donors (Lipinski definition) is 3. The number of hydrogen-bond acceptors (Lipinski definition) is 4. The molecular weight excluding hydrogens is 455 g/mol. The van der Waals surface area contributed by atoms with E-state index in [4.69, 9.17) is 0 Å². The van der Waals surface area contributed by atoms with Gasteiger partial charge in [0, 0.05) is 51.9 Å². The van der Waals surface area contributed by atoms with Crippen molar-refractivity contribution in [2.45, 2.75) is 39.0 Å². The van der Waals surface area contributed by atoms with Crippen molar-refractivity contribution in [2.75, 3.05) is 44.6 Å². The summed E-state index contributed by atoms with van der Waals surface area (Å²) in [7, 11) is 0. The molecule has 0 aromatic carbocycles. The molecule has 27 heavy (non-hydrogen) atoms. The quantitative estimate of drug-likeness (QED) is 0.193. The minimum atomic E-state index is 0. The third-order valence-corrected chi connectivity index (χ3v) is 4.24. The summed E-state index contributed by atoms with van der Waals surface area (Å²) in [5, 5.41) is 9.95. The lowest BCUT2D eigenvalue weighted by atomic mass is 10.3. The van der Waals surface area contributed by atoms with E-state index in [0.717, 1.165) is 76.7 Å². The van der Waals surface area contributed by atoms with Crippen LogP contribution in [-0.4, -0.2) is 61.0 Å². The first-order valence-corrected chi connectivity index (χ1v) is 9.74. The van der Waals surface area contributed by atoms with Crippen LogP contribution in [0.1, 0.15) is 39.0 Å². The SMILES string of the molecule is CCNC(=NCCCN1CCCC1=O)NCCCCNc1ccccn1.I. The van der Waals surface area contributed by atoms with Gasteiger partial charge in [0.15, 0.2) is 5.96 Å². The van der Waals surface area contributed by atoms with Crippen LogP contribution in [0.25, 0.3) is 0 Å². The van der Waals surface area contributed by atoms with Gasteiger partial charge in [-0.1, -0.05) is 6.07 Å². The highest BCUT2D eigenvalue weighted by Gasteiger charge is 2.18. The predicted octanol–water partition coefficient (Wildman–Crippen LogP) is 2.46. The number of rotatable bonds is 11. The van der Waals surface area contributed by atoms with E-state index < -0.39 is 0 Å². The Morgan fingerprint density at radius 1 is 1.22 bits per heavy atom. The number of unbranched alkanes of at least 4 members (excludes halogenated alkanes) is 1. The monoisotopic (exact) mass is 488 g/mol. The van der Waals surface area contributed by atoms with Gasteiger partial charge in [-0.05, 0) is 44.7 Å². The van der Waals surface area contributed by atoms with E-state index in [1.54, 1.807) is 6.20 Å². The van der Waals surface area contributed by atoms with Gasteiger partial charge in [-0.2, -0.15) is 0 Å². The molecule has 0 radical (unpaired) electrons. The third kappa shape index (κ3) is 9.78. The number of anilines is 1. The number of guanidine groups is 1. The average molecular weight is 488 g/mol. The Bertz CT molecular complexity index is 554. The Morgan fingerprint density at radius 2 is 2.07 bits per heavy atom. The van der Waals surface area contributed by atoms with Crippen LogP contribution in [0.2, 0.25) is 0 Å². The number of likely N-dealkylation sites (tertiary alicyclic amines) is 1.